The molecule has 1 N–H and O–H groups in total. The number of nitrogens with zero attached hydrogens (tertiary/aromatic N) is 1. The summed E-state index contributed by atoms with van der Waals surface area (Å²) in [6, 6.07) is 15.1. The van der Waals surface area contributed by atoms with Gasteiger partial charge in [0.1, 0.15) is 16.5 Å². The molecule has 0 heterocycles. The molecular formula is C24H17Cl3N2O5S. The van der Waals surface area contributed by atoms with Crippen molar-refractivity contribution in [2.75, 3.05) is 12.4 Å². The Kier molecular flexibility index (Phi) is 8.30. The monoisotopic (exact) mass is 550 g/mol. The molecule has 35 heavy (non-hydrogen) atoms. The molecule has 0 fully saturated rings. The number of benzene rings is 3. The van der Waals surface area contributed by atoms with Crippen LogP contribution in [0.2, 0.25) is 15.1 Å². The number of ether oxygens (including phenoxy) is 1. The minimum Gasteiger partial charge on any atom is -0.493 e. The second-order valence-corrected chi connectivity index (χ2v) is 9.91. The van der Waals surface area contributed by atoms with E-state index in [4.69, 9.17) is 43.7 Å². The molecule has 1 amide bonds. The van der Waals surface area contributed by atoms with Crippen LogP contribution in [0.25, 0.3) is 6.08 Å². The number of nitriles is 1. The second kappa shape index (κ2) is 11.0. The third-order valence-electron chi connectivity index (χ3n) is 4.61. The van der Waals surface area contributed by atoms with Crippen LogP contribution in [0, 0.1) is 18.3 Å². The van der Waals surface area contributed by atoms with E-state index in [-0.39, 0.29) is 32.0 Å². The van der Waals surface area contributed by atoms with Gasteiger partial charge in [0.25, 0.3) is 5.91 Å². The molecule has 3 rings (SSSR count). The van der Waals surface area contributed by atoms with E-state index in [9.17, 15) is 18.5 Å². The number of rotatable bonds is 7. The highest BCUT2D eigenvalue weighted by atomic mass is 35.5. The largest absolute Gasteiger partial charge is 0.493 e. The Morgan fingerprint density at radius 2 is 1.69 bits per heavy atom. The first-order chi connectivity index (χ1) is 16.5. The van der Waals surface area contributed by atoms with Crippen molar-refractivity contribution in [3.8, 4) is 17.6 Å². The molecule has 7 nitrogen and oxygen atoms in total. The number of halogens is 3. The molecule has 0 aliphatic rings. The number of hydrogen-bond acceptors (Lipinski definition) is 6. The van der Waals surface area contributed by atoms with Crippen LogP contribution >= 0.6 is 34.8 Å². The molecule has 0 atom stereocenters. The van der Waals surface area contributed by atoms with Gasteiger partial charge in [0.05, 0.1) is 22.2 Å². The predicted octanol–water partition coefficient (Wildman–Crippen LogP) is 6.28. The van der Waals surface area contributed by atoms with Crippen molar-refractivity contribution in [1.29, 1.82) is 5.26 Å². The van der Waals surface area contributed by atoms with Crippen LogP contribution in [0.1, 0.15) is 11.1 Å². The lowest BCUT2D eigenvalue weighted by Crippen LogP contribution is -2.13. The molecule has 3 aromatic rings. The van der Waals surface area contributed by atoms with Gasteiger partial charge in [0, 0.05) is 5.69 Å². The van der Waals surface area contributed by atoms with Crippen LogP contribution in [-0.2, 0) is 14.9 Å². The Morgan fingerprint density at radius 3 is 2.29 bits per heavy atom. The highest BCUT2D eigenvalue weighted by Gasteiger charge is 2.22. The zero-order chi connectivity index (χ0) is 25.8. The third-order valence-corrected chi connectivity index (χ3v) is 6.86. The topological polar surface area (TPSA) is 105 Å². The Balaban J connectivity index is 1.90. The molecule has 0 saturated heterocycles. The van der Waals surface area contributed by atoms with Crippen molar-refractivity contribution in [2.24, 2.45) is 0 Å². The maximum absolute atomic E-state index is 12.7. The Morgan fingerprint density at radius 1 is 1.00 bits per heavy atom. The van der Waals surface area contributed by atoms with Crippen molar-refractivity contribution in [3.05, 3.63) is 86.4 Å². The summed E-state index contributed by atoms with van der Waals surface area (Å²) in [5, 5.41) is 12.5. The molecule has 0 spiro atoms. The molecule has 0 saturated carbocycles. The minimum atomic E-state index is -4.20. The predicted molar refractivity (Wildman–Crippen MR) is 136 cm³/mol. The summed E-state index contributed by atoms with van der Waals surface area (Å²) in [6.45, 7) is 1.82. The lowest BCUT2D eigenvalue weighted by atomic mass is 10.1. The number of hydrogen-bond donors (Lipinski definition) is 1. The van der Waals surface area contributed by atoms with Crippen molar-refractivity contribution >= 4 is 62.6 Å². The Labute approximate surface area is 217 Å². The van der Waals surface area contributed by atoms with Crippen molar-refractivity contribution < 1.29 is 22.1 Å². The Hall–Kier alpha value is -3.22. The molecule has 0 aliphatic heterocycles. The first kappa shape index (κ1) is 26.4. The molecule has 0 bridgehead atoms. The number of amides is 1. The van der Waals surface area contributed by atoms with Crippen LogP contribution in [0.4, 0.5) is 5.69 Å². The number of nitrogens with one attached hydrogen (secondary N) is 1. The van der Waals surface area contributed by atoms with Crippen LogP contribution in [0.3, 0.4) is 0 Å². The molecular weight excluding hydrogens is 535 g/mol. The maximum atomic E-state index is 12.7. The van der Waals surface area contributed by atoms with E-state index in [1.807, 2.05) is 13.0 Å². The van der Waals surface area contributed by atoms with Crippen molar-refractivity contribution in [2.45, 2.75) is 11.8 Å². The number of anilines is 1. The van der Waals surface area contributed by atoms with Gasteiger partial charge in [-0.05, 0) is 61.0 Å². The van der Waals surface area contributed by atoms with Gasteiger partial charge in [-0.2, -0.15) is 13.7 Å². The van der Waals surface area contributed by atoms with Gasteiger partial charge in [0.2, 0.25) is 5.75 Å². The normalized spacial score (nSPS) is 11.5. The molecule has 0 aliphatic carbocycles. The smallest absolute Gasteiger partial charge is 0.339 e. The average molecular weight is 552 g/mol. The van der Waals surface area contributed by atoms with Gasteiger partial charge in [-0.25, -0.2) is 0 Å². The maximum Gasteiger partial charge on any atom is 0.339 e. The Bertz CT molecular complexity index is 1460. The van der Waals surface area contributed by atoms with Crippen LogP contribution in [0.5, 0.6) is 11.5 Å². The summed E-state index contributed by atoms with van der Waals surface area (Å²) in [5.41, 5.74) is 1.27. The fourth-order valence-corrected chi connectivity index (χ4v) is 4.41. The SMILES string of the molecule is COc1cc(/C=C(\C#N)C(=O)Nc2ccc(Cl)c(Cl)c2)cc(Cl)c1OS(=O)(=O)c1ccc(C)cc1. The molecule has 180 valence electrons. The van der Waals surface area contributed by atoms with Gasteiger partial charge in [0.15, 0.2) is 5.75 Å². The number of carbonyl (C=O) groups excluding carboxylic acids is 1. The van der Waals surface area contributed by atoms with E-state index in [1.165, 1.54) is 55.7 Å². The summed E-state index contributed by atoms with van der Waals surface area (Å²) in [6.07, 6.45) is 1.26. The van der Waals surface area contributed by atoms with Crippen molar-refractivity contribution in [3.63, 3.8) is 0 Å². The van der Waals surface area contributed by atoms with Gasteiger partial charge < -0.3 is 14.2 Å². The van der Waals surface area contributed by atoms with E-state index >= 15 is 0 Å². The minimum absolute atomic E-state index is 0.0124. The standard InChI is InChI=1S/C24H17Cl3N2O5S/c1-14-3-6-18(7-4-14)35(31,32)34-23-21(27)10-15(11-22(23)33-2)9-16(13-28)24(30)29-17-5-8-19(25)20(26)12-17/h3-12H,1-2H3,(H,29,30)/b16-9+. The number of aryl methyl sites for hydroxylation is 1. The average Bonchev–Trinajstić information content (AvgIpc) is 2.81. The van der Waals surface area contributed by atoms with Gasteiger partial charge in [-0.3, -0.25) is 4.79 Å². The summed E-state index contributed by atoms with van der Waals surface area (Å²) in [7, 11) is -2.90. The quantitative estimate of drug-likeness (QED) is 0.211. The lowest BCUT2D eigenvalue weighted by molar-refractivity contribution is -0.112. The molecule has 0 radical (unpaired) electrons. The highest BCUT2D eigenvalue weighted by molar-refractivity contribution is 7.87. The summed E-state index contributed by atoms with van der Waals surface area (Å²) < 4.78 is 35.9. The summed E-state index contributed by atoms with van der Waals surface area (Å²) >= 11 is 18.1. The van der Waals surface area contributed by atoms with Crippen LogP contribution < -0.4 is 14.2 Å². The molecule has 11 heteroatoms. The van der Waals surface area contributed by atoms with E-state index in [2.05, 4.69) is 5.32 Å². The third kappa shape index (κ3) is 6.47. The van der Waals surface area contributed by atoms with E-state index in [1.54, 1.807) is 12.1 Å². The van der Waals surface area contributed by atoms with E-state index in [0.29, 0.717) is 16.3 Å². The number of methoxy groups -OCH3 is 1. The highest BCUT2D eigenvalue weighted by Crippen LogP contribution is 2.39. The number of carbonyl (C=O) groups is 1. The van der Waals surface area contributed by atoms with Crippen LogP contribution in [-0.4, -0.2) is 21.4 Å². The zero-order valence-corrected chi connectivity index (χ0v) is 21.4. The van der Waals surface area contributed by atoms with E-state index in [0.717, 1.165) is 5.56 Å². The first-order valence-electron chi connectivity index (χ1n) is 9.81. The van der Waals surface area contributed by atoms with Gasteiger partial charge in [-0.15, -0.1) is 0 Å². The van der Waals surface area contributed by atoms with Gasteiger partial charge in [-0.1, -0.05) is 52.5 Å². The molecule has 0 aromatic heterocycles. The van der Waals surface area contributed by atoms with Crippen LogP contribution in [0.15, 0.2) is 65.1 Å². The van der Waals surface area contributed by atoms with Crippen molar-refractivity contribution in [1.82, 2.24) is 0 Å². The summed E-state index contributed by atoms with van der Waals surface area (Å²) in [5.74, 6) is -0.949. The fourth-order valence-electron chi connectivity index (χ4n) is 2.85. The zero-order valence-electron chi connectivity index (χ0n) is 18.3. The second-order valence-electron chi connectivity index (χ2n) is 7.14. The van der Waals surface area contributed by atoms with E-state index < -0.39 is 16.0 Å². The summed E-state index contributed by atoms with van der Waals surface area (Å²) in [4.78, 5) is 12.5. The molecule has 3 aromatic carbocycles. The molecule has 0 unspecified atom stereocenters. The lowest BCUT2D eigenvalue weighted by Gasteiger charge is -2.13. The van der Waals surface area contributed by atoms with Gasteiger partial charge >= 0.3 is 10.1 Å². The first-order valence-corrected chi connectivity index (χ1v) is 12.3. The fraction of sp³-hybridized carbons (Fsp3) is 0.0833.